The van der Waals surface area contributed by atoms with E-state index in [9.17, 15) is 18.0 Å². The average Bonchev–Trinajstić information content (AvgIpc) is 2.55. The molecule has 3 rings (SSSR count). The number of hydrogen-bond donors (Lipinski definition) is 0. The first-order valence-electron chi connectivity index (χ1n) is 7.71. The van der Waals surface area contributed by atoms with Gasteiger partial charge in [-0.05, 0) is 25.1 Å². The minimum absolute atomic E-state index is 0.0683. The second-order valence-corrected chi connectivity index (χ2v) is 5.82. The number of benzene rings is 2. The van der Waals surface area contributed by atoms with Gasteiger partial charge in [0, 0.05) is 31.3 Å². The molecule has 1 aliphatic heterocycles. The third-order valence-electron chi connectivity index (χ3n) is 4.31. The topological polar surface area (TPSA) is 23.6 Å². The van der Waals surface area contributed by atoms with E-state index in [1.165, 1.54) is 17.0 Å². The summed E-state index contributed by atoms with van der Waals surface area (Å²) in [6, 6.07) is 9.05. The molecular formula is C18H17F3N2O. The summed E-state index contributed by atoms with van der Waals surface area (Å²) in [4.78, 5) is 15.7. The molecule has 0 radical (unpaired) electrons. The van der Waals surface area contributed by atoms with E-state index in [-0.39, 0.29) is 24.0 Å². The zero-order valence-corrected chi connectivity index (χ0v) is 13.2. The number of piperazine rings is 1. The van der Waals surface area contributed by atoms with Crippen LogP contribution in [-0.2, 0) is 11.3 Å². The molecule has 0 bridgehead atoms. The van der Waals surface area contributed by atoms with Crippen molar-refractivity contribution in [3.63, 3.8) is 0 Å². The van der Waals surface area contributed by atoms with Crippen molar-refractivity contribution < 1.29 is 18.0 Å². The Morgan fingerprint density at radius 3 is 2.50 bits per heavy atom. The third-order valence-corrected chi connectivity index (χ3v) is 4.31. The first-order valence-corrected chi connectivity index (χ1v) is 7.71. The van der Waals surface area contributed by atoms with Gasteiger partial charge in [-0.25, -0.2) is 13.2 Å². The Balaban J connectivity index is 1.77. The van der Waals surface area contributed by atoms with E-state index in [0.29, 0.717) is 18.7 Å². The van der Waals surface area contributed by atoms with Crippen molar-refractivity contribution in [1.82, 2.24) is 4.90 Å². The Kier molecular flexibility index (Phi) is 4.57. The van der Waals surface area contributed by atoms with Gasteiger partial charge < -0.3 is 4.90 Å². The van der Waals surface area contributed by atoms with E-state index in [4.69, 9.17) is 0 Å². The molecular weight excluding hydrogens is 317 g/mol. The Hall–Kier alpha value is -2.34. The van der Waals surface area contributed by atoms with Gasteiger partial charge in [0.2, 0.25) is 5.91 Å². The second-order valence-electron chi connectivity index (χ2n) is 5.82. The lowest BCUT2D eigenvalue weighted by molar-refractivity contribution is -0.125. The third kappa shape index (κ3) is 3.14. The molecule has 2 aromatic carbocycles. The van der Waals surface area contributed by atoms with E-state index in [1.54, 1.807) is 25.1 Å². The highest BCUT2D eigenvalue weighted by molar-refractivity contribution is 5.97. The van der Waals surface area contributed by atoms with Crippen LogP contribution in [0.2, 0.25) is 0 Å². The number of halogens is 3. The Bertz CT molecular complexity index is 766. The van der Waals surface area contributed by atoms with Gasteiger partial charge in [-0.2, -0.15) is 0 Å². The van der Waals surface area contributed by atoms with Crippen LogP contribution < -0.4 is 4.90 Å². The predicted molar refractivity (Wildman–Crippen MR) is 85.0 cm³/mol. The maximum atomic E-state index is 13.9. The summed E-state index contributed by atoms with van der Waals surface area (Å²) in [5, 5.41) is 0. The molecule has 1 heterocycles. The number of rotatable bonds is 3. The van der Waals surface area contributed by atoms with Gasteiger partial charge in [-0.1, -0.05) is 18.2 Å². The van der Waals surface area contributed by atoms with Crippen LogP contribution in [0.1, 0.15) is 12.5 Å². The molecule has 3 nitrogen and oxygen atoms in total. The van der Waals surface area contributed by atoms with Gasteiger partial charge >= 0.3 is 0 Å². The molecule has 1 amide bonds. The lowest BCUT2D eigenvalue weighted by Gasteiger charge is -2.39. The molecule has 1 fully saturated rings. The Morgan fingerprint density at radius 1 is 1.04 bits per heavy atom. The summed E-state index contributed by atoms with van der Waals surface area (Å²) < 4.78 is 40.8. The number of anilines is 1. The second kappa shape index (κ2) is 6.65. The fraction of sp³-hybridized carbons (Fsp3) is 0.278. The van der Waals surface area contributed by atoms with Crippen LogP contribution in [0.4, 0.5) is 18.9 Å². The zero-order valence-electron chi connectivity index (χ0n) is 13.2. The molecule has 0 saturated carbocycles. The molecule has 24 heavy (non-hydrogen) atoms. The summed E-state index contributed by atoms with van der Waals surface area (Å²) in [5.41, 5.74) is 0.581. The summed E-state index contributed by atoms with van der Waals surface area (Å²) in [5.74, 6) is -2.06. The van der Waals surface area contributed by atoms with Crippen LogP contribution >= 0.6 is 0 Å². The highest BCUT2D eigenvalue weighted by Crippen LogP contribution is 2.25. The molecule has 0 unspecified atom stereocenters. The SMILES string of the molecule is C[C@@H]1C(=O)N(c2ccc(F)cc2F)CCN1Cc1ccccc1F. The fourth-order valence-electron chi connectivity index (χ4n) is 2.91. The van der Waals surface area contributed by atoms with E-state index < -0.39 is 17.7 Å². The Morgan fingerprint density at radius 2 is 1.79 bits per heavy atom. The van der Waals surface area contributed by atoms with Crippen LogP contribution in [0.25, 0.3) is 0 Å². The van der Waals surface area contributed by atoms with Crippen LogP contribution in [0.3, 0.4) is 0 Å². The average molecular weight is 334 g/mol. The van der Waals surface area contributed by atoms with Crippen molar-refractivity contribution in [2.45, 2.75) is 19.5 Å². The predicted octanol–water partition coefficient (Wildman–Crippen LogP) is 3.34. The smallest absolute Gasteiger partial charge is 0.244 e. The molecule has 0 N–H and O–H groups in total. The van der Waals surface area contributed by atoms with E-state index >= 15 is 0 Å². The van der Waals surface area contributed by atoms with Crippen molar-refractivity contribution in [3.05, 3.63) is 65.5 Å². The van der Waals surface area contributed by atoms with Crippen LogP contribution in [-0.4, -0.2) is 29.9 Å². The van der Waals surface area contributed by atoms with E-state index in [0.717, 1.165) is 12.1 Å². The van der Waals surface area contributed by atoms with Gasteiger partial charge in [0.25, 0.3) is 0 Å². The summed E-state index contributed by atoms with van der Waals surface area (Å²) in [6.07, 6.45) is 0. The maximum absolute atomic E-state index is 13.9. The van der Waals surface area contributed by atoms with Crippen LogP contribution in [0.5, 0.6) is 0 Å². The summed E-state index contributed by atoms with van der Waals surface area (Å²) >= 11 is 0. The van der Waals surface area contributed by atoms with Gasteiger partial charge in [-0.3, -0.25) is 9.69 Å². The van der Waals surface area contributed by atoms with Gasteiger partial charge in [-0.15, -0.1) is 0 Å². The highest BCUT2D eigenvalue weighted by atomic mass is 19.1. The quantitative estimate of drug-likeness (QED) is 0.859. The molecule has 6 heteroatoms. The molecule has 0 spiro atoms. The highest BCUT2D eigenvalue weighted by Gasteiger charge is 2.33. The fourth-order valence-corrected chi connectivity index (χ4v) is 2.91. The van der Waals surface area contributed by atoms with E-state index in [1.807, 2.05) is 4.90 Å². The lowest BCUT2D eigenvalue weighted by Crippen LogP contribution is -2.55. The summed E-state index contributed by atoms with van der Waals surface area (Å²) in [7, 11) is 0. The number of hydrogen-bond acceptors (Lipinski definition) is 2. The Labute approximate surface area is 138 Å². The molecule has 1 atom stereocenters. The van der Waals surface area contributed by atoms with Crippen molar-refractivity contribution in [1.29, 1.82) is 0 Å². The van der Waals surface area contributed by atoms with Gasteiger partial charge in [0.1, 0.15) is 17.5 Å². The first kappa shape index (κ1) is 16.5. The number of nitrogens with zero attached hydrogens (tertiary/aromatic N) is 2. The van der Waals surface area contributed by atoms with Crippen molar-refractivity contribution in [2.75, 3.05) is 18.0 Å². The molecule has 1 aliphatic rings. The molecule has 126 valence electrons. The first-order chi connectivity index (χ1) is 11.5. The molecule has 0 aromatic heterocycles. The molecule has 0 aliphatic carbocycles. The van der Waals surface area contributed by atoms with E-state index in [2.05, 4.69) is 0 Å². The van der Waals surface area contributed by atoms with Crippen molar-refractivity contribution in [3.8, 4) is 0 Å². The monoisotopic (exact) mass is 334 g/mol. The van der Waals surface area contributed by atoms with Crippen LogP contribution in [0.15, 0.2) is 42.5 Å². The minimum Gasteiger partial charge on any atom is -0.307 e. The van der Waals surface area contributed by atoms with Gasteiger partial charge in [0.05, 0.1) is 11.7 Å². The molecule has 2 aromatic rings. The molecule has 1 saturated heterocycles. The number of carbonyl (C=O) groups excluding carboxylic acids is 1. The van der Waals surface area contributed by atoms with Crippen molar-refractivity contribution >= 4 is 11.6 Å². The van der Waals surface area contributed by atoms with Gasteiger partial charge in [0.15, 0.2) is 0 Å². The lowest BCUT2D eigenvalue weighted by atomic mass is 10.1. The normalized spacial score (nSPS) is 18.9. The zero-order chi connectivity index (χ0) is 17.3. The number of amides is 1. The minimum atomic E-state index is -0.766. The number of carbonyl (C=O) groups is 1. The maximum Gasteiger partial charge on any atom is 0.244 e. The van der Waals surface area contributed by atoms with Crippen molar-refractivity contribution in [2.24, 2.45) is 0 Å². The summed E-state index contributed by atoms with van der Waals surface area (Å²) in [6.45, 7) is 2.74. The van der Waals surface area contributed by atoms with Crippen LogP contribution in [0, 0.1) is 17.5 Å². The standard InChI is InChI=1S/C18H17F3N2O/c1-12-18(24)23(17-7-6-14(19)10-16(17)21)9-8-22(12)11-13-4-2-3-5-15(13)20/h2-7,10,12H,8-9,11H2,1H3/t12-/m1/s1. The largest absolute Gasteiger partial charge is 0.307 e.